The molecule has 0 bridgehead atoms. The van der Waals surface area contributed by atoms with Crippen LogP contribution in [0.3, 0.4) is 0 Å². The zero-order valence-corrected chi connectivity index (χ0v) is 11.3. The molecule has 0 fully saturated rings. The molecule has 0 atom stereocenters. The fourth-order valence-corrected chi connectivity index (χ4v) is 1.62. The van der Waals surface area contributed by atoms with Crippen LogP contribution in [0.1, 0.15) is 26.3 Å². The maximum atomic E-state index is 11.1. The van der Waals surface area contributed by atoms with Crippen molar-refractivity contribution in [1.29, 1.82) is 0 Å². The van der Waals surface area contributed by atoms with Crippen LogP contribution in [0, 0.1) is 0 Å². The molecule has 2 rings (SSSR count). The summed E-state index contributed by atoms with van der Waals surface area (Å²) in [5.74, 6) is 0.0705. The van der Waals surface area contributed by atoms with Gasteiger partial charge in [-0.2, -0.15) is 0 Å². The van der Waals surface area contributed by atoms with Crippen molar-refractivity contribution >= 4 is 12.2 Å². The number of carbonyl (C=O) groups is 2. The van der Waals surface area contributed by atoms with E-state index >= 15 is 0 Å². The van der Waals surface area contributed by atoms with E-state index in [1.54, 1.807) is 12.3 Å². The number of methoxy groups -OCH3 is 1. The molecule has 108 valence electrons. The normalized spacial score (nSPS) is 9.95. The number of ether oxygens (including phenoxy) is 2. The number of nitrogens with two attached hydrogens (primary N) is 1. The standard InChI is InChI=1S/C14H13N3O4/c1-20-13-3-11(7-18)12(6-17-13)21-8-9-2-10(14(15)19)5-16-4-9/h2-7H,8H2,1H3,(H2,15,19). The van der Waals surface area contributed by atoms with E-state index in [0.717, 1.165) is 0 Å². The quantitative estimate of drug-likeness (QED) is 0.794. The molecule has 21 heavy (non-hydrogen) atoms. The van der Waals surface area contributed by atoms with Crippen LogP contribution >= 0.6 is 0 Å². The minimum absolute atomic E-state index is 0.128. The van der Waals surface area contributed by atoms with Gasteiger partial charge in [0.25, 0.3) is 0 Å². The largest absolute Gasteiger partial charge is 0.486 e. The smallest absolute Gasteiger partial charge is 0.250 e. The van der Waals surface area contributed by atoms with Crippen LogP contribution in [-0.2, 0) is 6.61 Å². The summed E-state index contributed by atoms with van der Waals surface area (Å²) in [6.07, 6.45) is 4.97. The molecular formula is C14H13N3O4. The molecule has 7 heteroatoms. The topological polar surface area (TPSA) is 104 Å². The molecule has 0 spiro atoms. The average molecular weight is 287 g/mol. The maximum Gasteiger partial charge on any atom is 0.250 e. The first-order valence-electron chi connectivity index (χ1n) is 5.99. The van der Waals surface area contributed by atoms with Gasteiger partial charge in [-0.25, -0.2) is 4.98 Å². The maximum absolute atomic E-state index is 11.1. The number of pyridine rings is 2. The highest BCUT2D eigenvalue weighted by molar-refractivity contribution is 5.92. The van der Waals surface area contributed by atoms with Gasteiger partial charge in [-0.05, 0) is 6.07 Å². The van der Waals surface area contributed by atoms with Crippen molar-refractivity contribution < 1.29 is 19.1 Å². The van der Waals surface area contributed by atoms with Gasteiger partial charge in [0.2, 0.25) is 11.8 Å². The van der Waals surface area contributed by atoms with E-state index in [9.17, 15) is 9.59 Å². The van der Waals surface area contributed by atoms with Gasteiger partial charge < -0.3 is 15.2 Å². The summed E-state index contributed by atoms with van der Waals surface area (Å²) >= 11 is 0. The number of primary amides is 1. The van der Waals surface area contributed by atoms with Gasteiger partial charge in [-0.3, -0.25) is 14.6 Å². The molecule has 0 saturated heterocycles. The van der Waals surface area contributed by atoms with Crippen LogP contribution in [0.4, 0.5) is 0 Å². The highest BCUT2D eigenvalue weighted by Crippen LogP contribution is 2.20. The lowest BCUT2D eigenvalue weighted by molar-refractivity contribution is 0.0999. The van der Waals surface area contributed by atoms with Gasteiger partial charge >= 0.3 is 0 Å². The Morgan fingerprint density at radius 3 is 2.81 bits per heavy atom. The minimum Gasteiger partial charge on any atom is -0.486 e. The highest BCUT2D eigenvalue weighted by Gasteiger charge is 2.08. The molecule has 0 unspecified atom stereocenters. The van der Waals surface area contributed by atoms with Crippen molar-refractivity contribution in [3.8, 4) is 11.6 Å². The summed E-state index contributed by atoms with van der Waals surface area (Å²) in [4.78, 5) is 30.0. The number of rotatable bonds is 6. The van der Waals surface area contributed by atoms with Gasteiger partial charge in [-0.15, -0.1) is 0 Å². The van der Waals surface area contributed by atoms with E-state index in [1.165, 1.54) is 25.6 Å². The second kappa shape index (κ2) is 6.47. The first-order chi connectivity index (χ1) is 10.1. The Morgan fingerprint density at radius 1 is 1.33 bits per heavy atom. The molecule has 2 aromatic heterocycles. The van der Waals surface area contributed by atoms with Gasteiger partial charge in [0, 0.05) is 24.0 Å². The van der Waals surface area contributed by atoms with Crippen molar-refractivity contribution in [2.45, 2.75) is 6.61 Å². The Morgan fingerprint density at radius 2 is 2.14 bits per heavy atom. The Kier molecular flexibility index (Phi) is 4.45. The number of hydrogen-bond donors (Lipinski definition) is 1. The summed E-state index contributed by atoms with van der Waals surface area (Å²) < 4.78 is 10.4. The predicted molar refractivity (Wildman–Crippen MR) is 73.3 cm³/mol. The van der Waals surface area contributed by atoms with E-state index in [-0.39, 0.29) is 6.61 Å². The number of aldehydes is 1. The fraction of sp³-hybridized carbons (Fsp3) is 0.143. The highest BCUT2D eigenvalue weighted by atomic mass is 16.5. The third-order valence-corrected chi connectivity index (χ3v) is 2.68. The number of carbonyl (C=O) groups excluding carboxylic acids is 2. The molecule has 0 saturated carbocycles. The Hall–Kier alpha value is -2.96. The summed E-state index contributed by atoms with van der Waals surface area (Å²) in [6, 6.07) is 3.05. The summed E-state index contributed by atoms with van der Waals surface area (Å²) in [6.45, 7) is 0.128. The molecule has 0 aliphatic rings. The lowest BCUT2D eigenvalue weighted by Crippen LogP contribution is -2.12. The molecule has 2 aromatic rings. The van der Waals surface area contributed by atoms with Gasteiger partial charge in [0.05, 0.1) is 24.4 Å². The van der Waals surface area contributed by atoms with Crippen LogP contribution in [0.25, 0.3) is 0 Å². The molecular weight excluding hydrogens is 274 g/mol. The number of nitrogens with zero attached hydrogens (tertiary/aromatic N) is 2. The lowest BCUT2D eigenvalue weighted by Gasteiger charge is -2.09. The summed E-state index contributed by atoms with van der Waals surface area (Å²) in [5.41, 5.74) is 6.44. The van der Waals surface area contributed by atoms with Crippen LogP contribution in [0.5, 0.6) is 11.6 Å². The molecule has 0 aliphatic carbocycles. The molecule has 0 aromatic carbocycles. The second-order valence-electron chi connectivity index (χ2n) is 4.12. The Labute approximate surface area is 120 Å². The molecule has 1 amide bonds. The molecule has 0 aliphatic heterocycles. The number of aromatic nitrogens is 2. The number of amides is 1. The van der Waals surface area contributed by atoms with Gasteiger partial charge in [-0.1, -0.05) is 0 Å². The van der Waals surface area contributed by atoms with Crippen molar-refractivity contribution in [3.05, 3.63) is 47.4 Å². The van der Waals surface area contributed by atoms with E-state index in [1.807, 2.05) is 0 Å². The van der Waals surface area contributed by atoms with E-state index in [4.69, 9.17) is 15.2 Å². The summed E-state index contributed by atoms with van der Waals surface area (Å²) in [5, 5.41) is 0. The first-order valence-corrected chi connectivity index (χ1v) is 5.99. The van der Waals surface area contributed by atoms with E-state index in [2.05, 4.69) is 9.97 Å². The number of hydrogen-bond acceptors (Lipinski definition) is 6. The van der Waals surface area contributed by atoms with Crippen molar-refractivity contribution in [1.82, 2.24) is 9.97 Å². The molecule has 0 radical (unpaired) electrons. The van der Waals surface area contributed by atoms with Crippen LogP contribution < -0.4 is 15.2 Å². The van der Waals surface area contributed by atoms with Crippen LogP contribution in [0.15, 0.2) is 30.7 Å². The molecule has 2 N–H and O–H groups in total. The van der Waals surface area contributed by atoms with Crippen LogP contribution in [0.2, 0.25) is 0 Å². The lowest BCUT2D eigenvalue weighted by atomic mass is 10.2. The second-order valence-corrected chi connectivity index (χ2v) is 4.12. The third-order valence-electron chi connectivity index (χ3n) is 2.68. The average Bonchev–Trinajstić information content (AvgIpc) is 2.53. The van der Waals surface area contributed by atoms with Crippen molar-refractivity contribution in [3.63, 3.8) is 0 Å². The zero-order chi connectivity index (χ0) is 15.2. The van der Waals surface area contributed by atoms with E-state index < -0.39 is 5.91 Å². The van der Waals surface area contributed by atoms with Gasteiger partial charge in [0.15, 0.2) is 6.29 Å². The molecule has 7 nitrogen and oxygen atoms in total. The predicted octanol–water partition coefficient (Wildman–Crippen LogP) is 0.976. The molecule has 2 heterocycles. The van der Waals surface area contributed by atoms with Crippen LogP contribution in [-0.4, -0.2) is 29.3 Å². The first kappa shape index (κ1) is 14.4. The summed E-state index contributed by atoms with van der Waals surface area (Å²) in [7, 11) is 1.46. The van der Waals surface area contributed by atoms with Crippen molar-refractivity contribution in [2.75, 3.05) is 7.11 Å². The Balaban J connectivity index is 2.14. The van der Waals surface area contributed by atoms with Crippen molar-refractivity contribution in [2.24, 2.45) is 5.73 Å². The van der Waals surface area contributed by atoms with E-state index in [0.29, 0.717) is 34.6 Å². The van der Waals surface area contributed by atoms with Gasteiger partial charge in [0.1, 0.15) is 12.4 Å². The third kappa shape index (κ3) is 3.53. The minimum atomic E-state index is -0.566. The zero-order valence-electron chi connectivity index (χ0n) is 11.3. The Bertz CT molecular complexity index is 673. The monoisotopic (exact) mass is 287 g/mol. The SMILES string of the molecule is COc1cc(C=O)c(OCc2cncc(C(N)=O)c2)cn1. The fourth-order valence-electron chi connectivity index (χ4n) is 1.62.